The highest BCUT2D eigenvalue weighted by atomic mass is 79.9. The van der Waals surface area contributed by atoms with Crippen LogP contribution in [-0.2, 0) is 13.1 Å². The molecule has 0 spiro atoms. The second kappa shape index (κ2) is 7.09. The third kappa shape index (κ3) is 3.41. The molecule has 1 aliphatic heterocycles. The molecule has 0 fully saturated rings. The van der Waals surface area contributed by atoms with Crippen molar-refractivity contribution in [3.05, 3.63) is 64.6 Å². The lowest BCUT2D eigenvalue weighted by Crippen LogP contribution is -2.32. The molecule has 0 unspecified atom stereocenters. The Labute approximate surface area is 154 Å². The van der Waals surface area contributed by atoms with E-state index in [0.29, 0.717) is 0 Å². The molecule has 4 nitrogen and oxygen atoms in total. The number of nitrogens with zero attached hydrogens (tertiary/aromatic N) is 4. The number of benzene rings is 2. The molecule has 6 heteroatoms. The van der Waals surface area contributed by atoms with Gasteiger partial charge in [0.1, 0.15) is 0 Å². The van der Waals surface area contributed by atoms with Crippen molar-refractivity contribution < 1.29 is 0 Å². The fraction of sp³-hybridized carbons (Fsp3) is 0.222. The van der Waals surface area contributed by atoms with Crippen LogP contribution in [0.2, 0.25) is 0 Å². The van der Waals surface area contributed by atoms with Crippen molar-refractivity contribution in [2.24, 2.45) is 0 Å². The highest BCUT2D eigenvalue weighted by Crippen LogP contribution is 2.29. The third-order valence-electron chi connectivity index (χ3n) is 4.08. The van der Waals surface area contributed by atoms with Gasteiger partial charge in [-0.25, -0.2) is 0 Å². The maximum absolute atomic E-state index is 4.41. The molecule has 1 aromatic heterocycles. The average Bonchev–Trinajstić information content (AvgIpc) is 3.04. The van der Waals surface area contributed by atoms with Gasteiger partial charge in [-0.2, -0.15) is 0 Å². The number of fused-ring (bicyclic) bond motifs is 1. The molecule has 2 aromatic carbocycles. The van der Waals surface area contributed by atoms with E-state index in [-0.39, 0.29) is 0 Å². The largest absolute Gasteiger partial charge is 0.288 e. The van der Waals surface area contributed by atoms with Gasteiger partial charge in [0.05, 0.1) is 12.5 Å². The Morgan fingerprint density at radius 3 is 2.75 bits per heavy atom. The van der Waals surface area contributed by atoms with Crippen LogP contribution >= 0.6 is 27.7 Å². The topological polar surface area (TPSA) is 34.0 Å². The SMILES string of the molecule is Brc1cccc(-c2nnc3n2CN(CCc2ccccc2)CS3)c1. The molecular weight excluding hydrogens is 384 g/mol. The summed E-state index contributed by atoms with van der Waals surface area (Å²) in [5.41, 5.74) is 2.47. The smallest absolute Gasteiger partial charge is 0.193 e. The van der Waals surface area contributed by atoms with Crippen molar-refractivity contribution in [2.45, 2.75) is 18.2 Å². The van der Waals surface area contributed by atoms with Crippen LogP contribution in [0.4, 0.5) is 0 Å². The van der Waals surface area contributed by atoms with Crippen LogP contribution in [0, 0.1) is 0 Å². The lowest BCUT2D eigenvalue weighted by atomic mass is 10.1. The van der Waals surface area contributed by atoms with E-state index in [1.54, 1.807) is 11.8 Å². The van der Waals surface area contributed by atoms with Gasteiger partial charge in [0.2, 0.25) is 0 Å². The average molecular weight is 401 g/mol. The number of rotatable bonds is 4. The molecule has 122 valence electrons. The summed E-state index contributed by atoms with van der Waals surface area (Å²) in [5.74, 6) is 1.90. The second-order valence-electron chi connectivity index (χ2n) is 5.79. The van der Waals surface area contributed by atoms with Gasteiger partial charge >= 0.3 is 0 Å². The molecule has 0 saturated carbocycles. The zero-order valence-electron chi connectivity index (χ0n) is 13.1. The predicted molar refractivity (Wildman–Crippen MR) is 101 cm³/mol. The van der Waals surface area contributed by atoms with E-state index in [1.165, 1.54) is 5.56 Å². The van der Waals surface area contributed by atoms with Gasteiger partial charge < -0.3 is 0 Å². The number of thioether (sulfide) groups is 1. The molecule has 24 heavy (non-hydrogen) atoms. The molecule has 2 heterocycles. The molecule has 0 radical (unpaired) electrons. The molecule has 3 aromatic rings. The Kier molecular flexibility index (Phi) is 4.69. The first kappa shape index (κ1) is 15.9. The summed E-state index contributed by atoms with van der Waals surface area (Å²) in [6, 6.07) is 18.9. The van der Waals surface area contributed by atoms with Crippen LogP contribution in [0.5, 0.6) is 0 Å². The van der Waals surface area contributed by atoms with E-state index >= 15 is 0 Å². The summed E-state index contributed by atoms with van der Waals surface area (Å²) in [6.07, 6.45) is 1.06. The minimum absolute atomic E-state index is 0.837. The van der Waals surface area contributed by atoms with Gasteiger partial charge in [-0.05, 0) is 24.1 Å². The fourth-order valence-corrected chi connectivity index (χ4v) is 4.13. The van der Waals surface area contributed by atoms with Crippen molar-refractivity contribution in [2.75, 3.05) is 12.4 Å². The van der Waals surface area contributed by atoms with E-state index in [1.807, 2.05) is 12.1 Å². The first-order chi connectivity index (χ1) is 11.8. The summed E-state index contributed by atoms with van der Waals surface area (Å²) < 4.78 is 3.27. The van der Waals surface area contributed by atoms with Crippen LogP contribution in [0.15, 0.2) is 64.2 Å². The molecule has 1 aliphatic rings. The minimum atomic E-state index is 0.837. The normalized spacial score (nSPS) is 14.5. The van der Waals surface area contributed by atoms with Gasteiger partial charge in [0.25, 0.3) is 0 Å². The summed E-state index contributed by atoms with van der Waals surface area (Å²) in [4.78, 5) is 2.44. The first-order valence-electron chi connectivity index (χ1n) is 7.88. The molecular formula is C18H17BrN4S. The van der Waals surface area contributed by atoms with Crippen molar-refractivity contribution in [1.82, 2.24) is 19.7 Å². The number of hydrogen-bond donors (Lipinski definition) is 0. The van der Waals surface area contributed by atoms with Crippen LogP contribution < -0.4 is 0 Å². The first-order valence-corrected chi connectivity index (χ1v) is 9.66. The second-order valence-corrected chi connectivity index (χ2v) is 7.62. The van der Waals surface area contributed by atoms with Crippen LogP contribution in [0.1, 0.15) is 5.56 Å². The van der Waals surface area contributed by atoms with Crippen molar-refractivity contribution in [3.8, 4) is 11.4 Å². The lowest BCUT2D eigenvalue weighted by Gasteiger charge is -2.27. The summed E-state index contributed by atoms with van der Waals surface area (Å²) in [5, 5.41) is 9.76. The lowest BCUT2D eigenvalue weighted by molar-refractivity contribution is 0.242. The molecule has 0 saturated heterocycles. The zero-order chi connectivity index (χ0) is 16.4. The Bertz CT molecular complexity index is 834. The highest BCUT2D eigenvalue weighted by Gasteiger charge is 2.22. The fourth-order valence-electron chi connectivity index (χ4n) is 2.82. The van der Waals surface area contributed by atoms with E-state index in [0.717, 1.165) is 46.5 Å². The van der Waals surface area contributed by atoms with E-state index in [4.69, 9.17) is 0 Å². The summed E-state index contributed by atoms with van der Waals surface area (Å²) in [6.45, 7) is 1.87. The third-order valence-corrected chi connectivity index (χ3v) is 5.62. The molecule has 0 N–H and O–H groups in total. The van der Waals surface area contributed by atoms with E-state index < -0.39 is 0 Å². The summed E-state index contributed by atoms with van der Waals surface area (Å²) in [7, 11) is 0. The van der Waals surface area contributed by atoms with Gasteiger partial charge in [-0.1, -0.05) is 70.2 Å². The monoisotopic (exact) mass is 400 g/mol. The molecule has 0 aliphatic carbocycles. The van der Waals surface area contributed by atoms with Gasteiger partial charge in [-0.15, -0.1) is 10.2 Å². The van der Waals surface area contributed by atoms with Crippen LogP contribution in [-0.4, -0.2) is 32.1 Å². The maximum Gasteiger partial charge on any atom is 0.193 e. The quantitative estimate of drug-likeness (QED) is 0.654. The Hall–Kier alpha value is -1.63. The van der Waals surface area contributed by atoms with Crippen molar-refractivity contribution >= 4 is 27.7 Å². The van der Waals surface area contributed by atoms with Gasteiger partial charge in [0, 0.05) is 16.6 Å². The van der Waals surface area contributed by atoms with Gasteiger partial charge in [0.15, 0.2) is 11.0 Å². The molecule has 4 rings (SSSR count). The predicted octanol–water partition coefficient (Wildman–Crippen LogP) is 4.27. The molecule has 0 bridgehead atoms. The van der Waals surface area contributed by atoms with Crippen molar-refractivity contribution in [3.63, 3.8) is 0 Å². The maximum atomic E-state index is 4.41. The summed E-state index contributed by atoms with van der Waals surface area (Å²) >= 11 is 5.29. The van der Waals surface area contributed by atoms with Crippen molar-refractivity contribution in [1.29, 1.82) is 0 Å². The number of halogens is 1. The number of aromatic nitrogens is 3. The van der Waals surface area contributed by atoms with Gasteiger partial charge in [-0.3, -0.25) is 9.47 Å². The minimum Gasteiger partial charge on any atom is -0.288 e. The number of hydrogen-bond acceptors (Lipinski definition) is 4. The standard InChI is InChI=1S/C18H17BrN4S/c19-16-8-4-7-15(11-16)17-20-21-18-23(17)12-22(13-24-18)10-9-14-5-2-1-3-6-14/h1-8,11H,9-10,12-13H2. The van der Waals surface area contributed by atoms with Crippen LogP contribution in [0.3, 0.4) is 0 Å². The van der Waals surface area contributed by atoms with E-state index in [9.17, 15) is 0 Å². The van der Waals surface area contributed by atoms with E-state index in [2.05, 4.69) is 78.1 Å². The zero-order valence-corrected chi connectivity index (χ0v) is 15.5. The van der Waals surface area contributed by atoms with Crippen LogP contribution in [0.25, 0.3) is 11.4 Å². The Morgan fingerprint density at radius 1 is 1.04 bits per heavy atom. The molecule has 0 amide bonds. The Balaban J connectivity index is 1.51. The highest BCUT2D eigenvalue weighted by molar-refractivity contribution is 9.10. The Morgan fingerprint density at radius 2 is 1.92 bits per heavy atom. The molecule has 0 atom stereocenters.